The summed E-state index contributed by atoms with van der Waals surface area (Å²) < 4.78 is 15.5. The Balaban J connectivity index is 2.58. The van der Waals surface area contributed by atoms with Crippen LogP contribution in [0.1, 0.15) is 6.92 Å². The summed E-state index contributed by atoms with van der Waals surface area (Å²) in [5.41, 5.74) is -5.65. The van der Waals surface area contributed by atoms with Crippen molar-refractivity contribution in [3.63, 3.8) is 0 Å². The highest BCUT2D eigenvalue weighted by molar-refractivity contribution is 5.73. The molecule has 12 nitrogen and oxygen atoms in total. The Hall–Kier alpha value is -0.930. The molecule has 2 saturated heterocycles. The molecule has 158 valence electrons. The fourth-order valence-electron chi connectivity index (χ4n) is 3.75. The normalized spacial score (nSPS) is 48.3. The van der Waals surface area contributed by atoms with Crippen LogP contribution in [0, 0.1) is 0 Å². The first kappa shape index (κ1) is 22.4. The molecule has 2 aliphatic heterocycles. The standard InChI is InChI=1S/C15H27NO11/c1-6(19)16-9-5-26-8(4-18)11(21)14(9,23)15(24)12(22)10(20)7(3-17)27-13(15)25-2/h7-13,17-18,20-24H,3-5H2,1-2H3,(H,16,19)/t7-,8-,9-,10-,11-,12+,13+,14+,15-/m1/s1. The molecule has 0 radical (unpaired) electrons. The Kier molecular flexibility index (Phi) is 6.80. The second-order valence-corrected chi connectivity index (χ2v) is 6.76. The van der Waals surface area contributed by atoms with Crippen molar-refractivity contribution in [3.8, 4) is 0 Å². The summed E-state index contributed by atoms with van der Waals surface area (Å²) in [6, 6.07) is -1.47. The van der Waals surface area contributed by atoms with Gasteiger partial charge < -0.3 is 55.3 Å². The molecule has 27 heavy (non-hydrogen) atoms. The van der Waals surface area contributed by atoms with Gasteiger partial charge >= 0.3 is 0 Å². The molecule has 0 aromatic rings. The van der Waals surface area contributed by atoms with Gasteiger partial charge in [-0.25, -0.2) is 0 Å². The minimum Gasteiger partial charge on any atom is -0.394 e. The van der Waals surface area contributed by atoms with Gasteiger partial charge in [0.15, 0.2) is 17.5 Å². The minimum absolute atomic E-state index is 0.441. The summed E-state index contributed by atoms with van der Waals surface area (Å²) in [6.07, 6.45) is -10.6. The van der Waals surface area contributed by atoms with Crippen LogP contribution in [-0.4, -0.2) is 123 Å². The van der Waals surface area contributed by atoms with Gasteiger partial charge in [-0.15, -0.1) is 0 Å². The highest BCUT2D eigenvalue weighted by Crippen LogP contribution is 2.44. The van der Waals surface area contributed by atoms with Gasteiger partial charge in [0.05, 0.1) is 25.9 Å². The molecule has 2 rings (SSSR count). The highest BCUT2D eigenvalue weighted by atomic mass is 16.7. The van der Waals surface area contributed by atoms with Crippen molar-refractivity contribution < 1.29 is 54.8 Å². The quantitative estimate of drug-likeness (QED) is 0.220. The molecule has 0 spiro atoms. The van der Waals surface area contributed by atoms with Gasteiger partial charge in [-0.2, -0.15) is 0 Å². The van der Waals surface area contributed by atoms with Crippen molar-refractivity contribution in [1.29, 1.82) is 0 Å². The Morgan fingerprint density at radius 2 is 1.70 bits per heavy atom. The number of rotatable bonds is 5. The number of aliphatic hydroxyl groups excluding tert-OH is 5. The molecule has 2 heterocycles. The number of amides is 1. The van der Waals surface area contributed by atoms with Crippen LogP contribution in [-0.2, 0) is 19.0 Å². The number of ether oxygens (including phenoxy) is 3. The Labute approximate surface area is 154 Å². The van der Waals surface area contributed by atoms with Gasteiger partial charge in [-0.05, 0) is 0 Å². The predicted molar refractivity (Wildman–Crippen MR) is 85.1 cm³/mol. The van der Waals surface area contributed by atoms with E-state index in [1.807, 2.05) is 0 Å². The lowest BCUT2D eigenvalue weighted by Gasteiger charge is -2.59. The molecule has 1 amide bonds. The summed E-state index contributed by atoms with van der Waals surface area (Å²) >= 11 is 0. The second kappa shape index (κ2) is 8.21. The zero-order chi connectivity index (χ0) is 20.6. The van der Waals surface area contributed by atoms with E-state index in [2.05, 4.69) is 5.32 Å². The van der Waals surface area contributed by atoms with Crippen LogP contribution in [0.2, 0.25) is 0 Å². The largest absolute Gasteiger partial charge is 0.394 e. The molecule has 0 unspecified atom stereocenters. The summed E-state index contributed by atoms with van der Waals surface area (Å²) in [5.74, 6) is -0.644. The third-order valence-electron chi connectivity index (χ3n) is 5.22. The van der Waals surface area contributed by atoms with Crippen LogP contribution in [0.25, 0.3) is 0 Å². The van der Waals surface area contributed by atoms with Crippen molar-refractivity contribution in [2.75, 3.05) is 26.9 Å². The van der Waals surface area contributed by atoms with E-state index in [0.29, 0.717) is 0 Å². The van der Waals surface area contributed by atoms with Gasteiger partial charge in [0.25, 0.3) is 0 Å². The van der Waals surface area contributed by atoms with Crippen LogP contribution in [0.5, 0.6) is 0 Å². The highest BCUT2D eigenvalue weighted by Gasteiger charge is 2.72. The Morgan fingerprint density at radius 3 is 2.19 bits per heavy atom. The summed E-state index contributed by atoms with van der Waals surface area (Å²) in [5, 5.41) is 75.1. The van der Waals surface area contributed by atoms with Crippen LogP contribution >= 0.6 is 0 Å². The van der Waals surface area contributed by atoms with Gasteiger partial charge in [0.1, 0.15) is 30.5 Å². The monoisotopic (exact) mass is 397 g/mol. The first-order valence-electron chi connectivity index (χ1n) is 8.37. The van der Waals surface area contributed by atoms with Crippen molar-refractivity contribution in [2.45, 2.75) is 61.0 Å². The average Bonchev–Trinajstić information content (AvgIpc) is 2.63. The maximum Gasteiger partial charge on any atom is 0.217 e. The van der Waals surface area contributed by atoms with E-state index in [1.54, 1.807) is 0 Å². The molecular weight excluding hydrogens is 370 g/mol. The van der Waals surface area contributed by atoms with Crippen LogP contribution in [0.15, 0.2) is 0 Å². The number of aliphatic hydroxyl groups is 7. The summed E-state index contributed by atoms with van der Waals surface area (Å²) in [6.45, 7) is -0.800. The molecule has 2 aliphatic rings. The smallest absolute Gasteiger partial charge is 0.217 e. The van der Waals surface area contributed by atoms with E-state index in [-0.39, 0.29) is 0 Å². The molecule has 0 aromatic heterocycles. The molecule has 0 aromatic carbocycles. The van der Waals surface area contributed by atoms with E-state index >= 15 is 0 Å². The fourth-order valence-corrected chi connectivity index (χ4v) is 3.75. The van der Waals surface area contributed by atoms with Crippen LogP contribution in [0.3, 0.4) is 0 Å². The Morgan fingerprint density at radius 1 is 1.11 bits per heavy atom. The van der Waals surface area contributed by atoms with Crippen molar-refractivity contribution in [2.24, 2.45) is 0 Å². The molecule has 0 bridgehead atoms. The number of carbonyl (C=O) groups excluding carboxylic acids is 1. The van der Waals surface area contributed by atoms with Crippen LogP contribution < -0.4 is 5.32 Å². The molecule has 2 fully saturated rings. The number of hydrogen-bond acceptors (Lipinski definition) is 11. The first-order chi connectivity index (χ1) is 12.6. The van der Waals surface area contributed by atoms with Gasteiger partial charge in [0.2, 0.25) is 5.91 Å². The van der Waals surface area contributed by atoms with E-state index < -0.39 is 79.8 Å². The van der Waals surface area contributed by atoms with Crippen LogP contribution in [0.4, 0.5) is 0 Å². The SMILES string of the molecule is CO[C@H]1O[C@H](CO)[C@@H](O)[C@H](O)[C@]1(O)[C@@]1(O)[C@H](O)[C@@H](CO)OC[C@H]1NC(C)=O. The van der Waals surface area contributed by atoms with Crippen molar-refractivity contribution in [1.82, 2.24) is 5.32 Å². The second-order valence-electron chi connectivity index (χ2n) is 6.76. The minimum atomic E-state index is -2.88. The van der Waals surface area contributed by atoms with Crippen molar-refractivity contribution in [3.05, 3.63) is 0 Å². The van der Waals surface area contributed by atoms with Gasteiger partial charge in [-0.3, -0.25) is 4.79 Å². The van der Waals surface area contributed by atoms with E-state index in [1.165, 1.54) is 0 Å². The molecule has 0 aliphatic carbocycles. The topological polar surface area (TPSA) is 198 Å². The Bertz CT molecular complexity index is 532. The predicted octanol–water partition coefficient (Wildman–Crippen LogP) is -5.21. The van der Waals surface area contributed by atoms with E-state index in [9.17, 15) is 40.5 Å². The lowest BCUT2D eigenvalue weighted by Crippen LogP contribution is -2.85. The maximum absolute atomic E-state index is 11.5. The summed E-state index contributed by atoms with van der Waals surface area (Å²) in [4.78, 5) is 11.5. The lowest BCUT2D eigenvalue weighted by atomic mass is 9.65. The lowest BCUT2D eigenvalue weighted by molar-refractivity contribution is -0.399. The third kappa shape index (κ3) is 3.35. The first-order valence-corrected chi connectivity index (χ1v) is 8.37. The average molecular weight is 397 g/mol. The van der Waals surface area contributed by atoms with E-state index in [0.717, 1.165) is 14.0 Å². The van der Waals surface area contributed by atoms with Gasteiger partial charge in [0, 0.05) is 14.0 Å². The molecule has 8 N–H and O–H groups in total. The molecule has 12 heteroatoms. The maximum atomic E-state index is 11.5. The molecule has 9 atom stereocenters. The zero-order valence-corrected chi connectivity index (χ0v) is 14.9. The fraction of sp³-hybridized carbons (Fsp3) is 0.933. The molecular formula is C15H27NO11. The number of carbonyl (C=O) groups is 1. The van der Waals surface area contributed by atoms with Gasteiger partial charge in [-0.1, -0.05) is 0 Å². The zero-order valence-electron chi connectivity index (χ0n) is 14.9. The summed E-state index contributed by atoms with van der Waals surface area (Å²) in [7, 11) is 1.07. The van der Waals surface area contributed by atoms with E-state index in [4.69, 9.17) is 14.2 Å². The molecule has 0 saturated carbocycles. The third-order valence-corrected chi connectivity index (χ3v) is 5.22. The number of nitrogens with one attached hydrogen (secondary N) is 1. The number of methoxy groups -OCH3 is 1. The number of hydrogen-bond donors (Lipinski definition) is 8. The van der Waals surface area contributed by atoms with Crippen molar-refractivity contribution >= 4 is 5.91 Å².